The van der Waals surface area contributed by atoms with Gasteiger partial charge in [-0.15, -0.1) is 0 Å². The maximum atomic E-state index is 12.8. The number of hydrogen-bond donors (Lipinski definition) is 0. The highest BCUT2D eigenvalue weighted by Gasteiger charge is 2.24. The summed E-state index contributed by atoms with van der Waals surface area (Å²) in [4.78, 5) is 17.0. The smallest absolute Gasteiger partial charge is 0.289 e. The van der Waals surface area contributed by atoms with Gasteiger partial charge >= 0.3 is 0 Å². The van der Waals surface area contributed by atoms with Crippen molar-refractivity contribution in [2.75, 3.05) is 31.1 Å². The van der Waals surface area contributed by atoms with Gasteiger partial charge in [-0.3, -0.25) is 4.79 Å². The van der Waals surface area contributed by atoms with Gasteiger partial charge in [0.1, 0.15) is 18.1 Å². The first kappa shape index (κ1) is 19.2. The largest absolute Gasteiger partial charge is 0.486 e. The fraction of sp³-hybridized carbons (Fsp3) is 0.192. The Hall–Kier alpha value is -3.73. The van der Waals surface area contributed by atoms with Crippen LogP contribution in [0.2, 0.25) is 0 Å². The predicted molar refractivity (Wildman–Crippen MR) is 122 cm³/mol. The van der Waals surface area contributed by atoms with Crippen molar-refractivity contribution in [3.05, 3.63) is 96.4 Å². The maximum absolute atomic E-state index is 12.8. The zero-order chi connectivity index (χ0) is 21.0. The zero-order valence-corrected chi connectivity index (χ0v) is 17.2. The Kier molecular flexibility index (Phi) is 5.31. The fourth-order valence-electron chi connectivity index (χ4n) is 3.94. The molecule has 0 spiro atoms. The molecule has 3 aromatic carbocycles. The number of anilines is 1. The van der Waals surface area contributed by atoms with Gasteiger partial charge in [0.25, 0.3) is 5.91 Å². The van der Waals surface area contributed by atoms with Crippen LogP contribution in [0.25, 0.3) is 10.8 Å². The molecule has 5 heteroatoms. The number of carbonyl (C=O) groups excluding carboxylic acids is 1. The number of piperazine rings is 1. The number of hydrogen-bond acceptors (Lipinski definition) is 4. The second kappa shape index (κ2) is 8.56. The highest BCUT2D eigenvalue weighted by Crippen LogP contribution is 2.22. The molecule has 0 unspecified atom stereocenters. The van der Waals surface area contributed by atoms with E-state index in [1.165, 1.54) is 11.1 Å². The molecule has 31 heavy (non-hydrogen) atoms. The van der Waals surface area contributed by atoms with Crippen LogP contribution in [0.15, 0.2) is 89.3 Å². The van der Waals surface area contributed by atoms with Crippen LogP contribution in [0.5, 0.6) is 5.75 Å². The first-order valence-electron chi connectivity index (χ1n) is 10.6. The maximum Gasteiger partial charge on any atom is 0.289 e. The van der Waals surface area contributed by atoms with Gasteiger partial charge in [-0.05, 0) is 47.2 Å². The van der Waals surface area contributed by atoms with E-state index >= 15 is 0 Å². The van der Waals surface area contributed by atoms with Crippen LogP contribution in [0.1, 0.15) is 16.3 Å². The van der Waals surface area contributed by atoms with Crippen LogP contribution in [0, 0.1) is 0 Å². The Labute approximate surface area is 181 Å². The molecule has 1 aliphatic rings. The van der Waals surface area contributed by atoms with Crippen LogP contribution in [0.3, 0.4) is 0 Å². The van der Waals surface area contributed by atoms with Gasteiger partial charge in [0.15, 0.2) is 5.76 Å². The first-order chi connectivity index (χ1) is 15.3. The van der Waals surface area contributed by atoms with Crippen molar-refractivity contribution in [3.63, 3.8) is 0 Å². The van der Waals surface area contributed by atoms with E-state index in [4.69, 9.17) is 9.15 Å². The van der Waals surface area contributed by atoms with E-state index in [1.54, 1.807) is 6.07 Å². The van der Waals surface area contributed by atoms with E-state index in [2.05, 4.69) is 29.2 Å². The number of amides is 1. The molecule has 1 saturated heterocycles. The van der Waals surface area contributed by atoms with E-state index in [1.807, 2.05) is 59.5 Å². The molecule has 5 nitrogen and oxygen atoms in total. The highest BCUT2D eigenvalue weighted by atomic mass is 16.5. The summed E-state index contributed by atoms with van der Waals surface area (Å²) in [5, 5.41) is 2.30. The number of ether oxygens (including phenoxy) is 1. The third-order valence-corrected chi connectivity index (χ3v) is 5.66. The molecule has 1 aliphatic heterocycles. The molecule has 0 radical (unpaired) electrons. The molecule has 1 fully saturated rings. The van der Waals surface area contributed by atoms with Crippen molar-refractivity contribution in [2.45, 2.75) is 6.61 Å². The van der Waals surface area contributed by atoms with Crippen LogP contribution >= 0.6 is 0 Å². The standard InChI is InChI=1S/C26H24N2O3/c29-26(28-16-14-27(15-17-28)22-8-2-1-3-9-22)25-13-12-24(31-25)19-30-23-11-10-20-6-4-5-7-21(20)18-23/h1-13,18H,14-17,19H2. The van der Waals surface area contributed by atoms with Crippen LogP contribution in [-0.4, -0.2) is 37.0 Å². The summed E-state index contributed by atoms with van der Waals surface area (Å²) in [5.41, 5.74) is 1.20. The summed E-state index contributed by atoms with van der Waals surface area (Å²) in [7, 11) is 0. The lowest BCUT2D eigenvalue weighted by molar-refractivity contribution is 0.0710. The van der Waals surface area contributed by atoms with Crippen molar-refractivity contribution in [1.82, 2.24) is 4.90 Å². The Morgan fingerprint density at radius 3 is 2.35 bits per heavy atom. The average molecular weight is 412 g/mol. The molecule has 0 bridgehead atoms. The topological polar surface area (TPSA) is 45.9 Å². The molecule has 4 aromatic rings. The lowest BCUT2D eigenvalue weighted by Crippen LogP contribution is -2.48. The molecule has 0 N–H and O–H groups in total. The number of nitrogens with zero attached hydrogens (tertiary/aromatic N) is 2. The molecular weight excluding hydrogens is 388 g/mol. The minimum Gasteiger partial charge on any atom is -0.486 e. The zero-order valence-electron chi connectivity index (χ0n) is 17.2. The van der Waals surface area contributed by atoms with Gasteiger partial charge in [-0.1, -0.05) is 48.5 Å². The van der Waals surface area contributed by atoms with E-state index in [0.29, 0.717) is 24.6 Å². The Balaban J connectivity index is 1.18. The molecule has 1 amide bonds. The Morgan fingerprint density at radius 1 is 0.806 bits per heavy atom. The molecule has 0 atom stereocenters. The predicted octanol–water partition coefficient (Wildman–Crippen LogP) is 4.97. The Morgan fingerprint density at radius 2 is 1.55 bits per heavy atom. The number of para-hydroxylation sites is 1. The van der Waals surface area contributed by atoms with E-state index < -0.39 is 0 Å². The number of fused-ring (bicyclic) bond motifs is 1. The summed E-state index contributed by atoms with van der Waals surface area (Å²) in [5.74, 6) is 1.72. The van der Waals surface area contributed by atoms with Crippen molar-refractivity contribution in [3.8, 4) is 5.75 Å². The van der Waals surface area contributed by atoms with Gasteiger partial charge in [0.05, 0.1) is 0 Å². The SMILES string of the molecule is O=C(c1ccc(COc2ccc3ccccc3c2)o1)N1CCN(c2ccccc2)CC1. The van der Waals surface area contributed by atoms with Crippen molar-refractivity contribution >= 4 is 22.4 Å². The third kappa shape index (κ3) is 4.26. The second-order valence-corrected chi connectivity index (χ2v) is 7.68. The van der Waals surface area contributed by atoms with E-state index in [-0.39, 0.29) is 12.5 Å². The molecule has 2 heterocycles. The summed E-state index contributed by atoms with van der Waals surface area (Å²) >= 11 is 0. The average Bonchev–Trinajstić information content (AvgIpc) is 3.32. The number of furan rings is 1. The normalized spacial score (nSPS) is 14.1. The first-order valence-corrected chi connectivity index (χ1v) is 10.6. The summed E-state index contributed by atoms with van der Waals surface area (Å²) in [6.45, 7) is 3.27. The van der Waals surface area contributed by atoms with Gasteiger partial charge in [-0.2, -0.15) is 0 Å². The second-order valence-electron chi connectivity index (χ2n) is 7.68. The monoisotopic (exact) mass is 412 g/mol. The quantitative estimate of drug-likeness (QED) is 0.464. The highest BCUT2D eigenvalue weighted by molar-refractivity contribution is 5.91. The van der Waals surface area contributed by atoms with Gasteiger partial charge in [0.2, 0.25) is 0 Å². The number of benzene rings is 3. The summed E-state index contributed by atoms with van der Waals surface area (Å²) < 4.78 is 11.7. The van der Waals surface area contributed by atoms with E-state index in [9.17, 15) is 4.79 Å². The fourth-order valence-corrected chi connectivity index (χ4v) is 3.94. The molecule has 1 aromatic heterocycles. The molecule has 0 saturated carbocycles. The van der Waals surface area contributed by atoms with Crippen molar-refractivity contribution in [2.24, 2.45) is 0 Å². The van der Waals surface area contributed by atoms with Crippen molar-refractivity contribution in [1.29, 1.82) is 0 Å². The van der Waals surface area contributed by atoms with Crippen LogP contribution in [-0.2, 0) is 6.61 Å². The van der Waals surface area contributed by atoms with E-state index in [0.717, 1.165) is 24.2 Å². The number of carbonyl (C=O) groups is 1. The van der Waals surface area contributed by atoms with Gasteiger partial charge < -0.3 is 19.0 Å². The summed E-state index contributed by atoms with van der Waals surface area (Å²) in [6, 6.07) is 28.0. The summed E-state index contributed by atoms with van der Waals surface area (Å²) in [6.07, 6.45) is 0. The van der Waals surface area contributed by atoms with Gasteiger partial charge in [-0.25, -0.2) is 0 Å². The molecule has 0 aliphatic carbocycles. The third-order valence-electron chi connectivity index (χ3n) is 5.66. The van der Waals surface area contributed by atoms with Crippen LogP contribution < -0.4 is 9.64 Å². The minimum absolute atomic E-state index is 0.0651. The molecular formula is C26H24N2O3. The minimum atomic E-state index is -0.0651. The van der Waals surface area contributed by atoms with Crippen molar-refractivity contribution < 1.29 is 13.9 Å². The van der Waals surface area contributed by atoms with Gasteiger partial charge in [0, 0.05) is 31.9 Å². The number of rotatable bonds is 5. The molecule has 156 valence electrons. The lowest BCUT2D eigenvalue weighted by Gasteiger charge is -2.35. The lowest BCUT2D eigenvalue weighted by atomic mass is 10.1. The molecule has 5 rings (SSSR count). The Bertz CT molecular complexity index is 1180. The van der Waals surface area contributed by atoms with Crippen LogP contribution in [0.4, 0.5) is 5.69 Å².